The Bertz CT molecular complexity index is 552. The van der Waals surface area contributed by atoms with E-state index in [-0.39, 0.29) is 17.1 Å². The van der Waals surface area contributed by atoms with Gasteiger partial charge in [-0.3, -0.25) is 9.78 Å². The molecule has 0 saturated carbocycles. The number of Topliss-reactive ketones (excluding diaryl/α,β-unsaturated/α-hetero) is 1. The predicted molar refractivity (Wildman–Crippen MR) is 61.1 cm³/mol. The van der Waals surface area contributed by atoms with E-state index in [0.717, 1.165) is 9.86 Å². The lowest BCUT2D eigenvalue weighted by Gasteiger charge is -2.06. The number of halogens is 1. The van der Waals surface area contributed by atoms with Gasteiger partial charge in [-0.15, -0.1) is 0 Å². The van der Waals surface area contributed by atoms with Crippen LogP contribution in [0.15, 0.2) is 28.9 Å². The molecule has 0 aliphatic heterocycles. The minimum atomic E-state index is -0.180. The zero-order valence-corrected chi connectivity index (χ0v) is 9.58. The molecule has 2 rings (SSSR count). The van der Waals surface area contributed by atoms with Gasteiger partial charge in [0, 0.05) is 16.1 Å². The SMILES string of the molecule is CC(=O)c1cc(Br)c2cccnc2c1O. The Morgan fingerprint density at radius 2 is 2.27 bits per heavy atom. The fourth-order valence-corrected chi connectivity index (χ4v) is 2.00. The van der Waals surface area contributed by atoms with Gasteiger partial charge in [0.25, 0.3) is 0 Å². The maximum Gasteiger partial charge on any atom is 0.163 e. The standard InChI is InChI=1S/C11H8BrNO2/c1-6(14)8-5-9(12)7-3-2-4-13-10(7)11(8)15/h2-5,15H,1H3. The van der Waals surface area contributed by atoms with Crippen LogP contribution in [0.25, 0.3) is 10.9 Å². The molecule has 1 aromatic carbocycles. The molecule has 1 heterocycles. The molecule has 1 aromatic heterocycles. The number of ketones is 1. The number of hydrogen-bond acceptors (Lipinski definition) is 3. The highest BCUT2D eigenvalue weighted by atomic mass is 79.9. The molecular formula is C11H8BrNO2. The van der Waals surface area contributed by atoms with E-state index < -0.39 is 0 Å². The summed E-state index contributed by atoms with van der Waals surface area (Å²) in [6.45, 7) is 1.41. The molecule has 0 aliphatic carbocycles. The number of aromatic nitrogens is 1. The van der Waals surface area contributed by atoms with Crippen molar-refractivity contribution in [3.63, 3.8) is 0 Å². The van der Waals surface area contributed by atoms with Crippen LogP contribution in [-0.2, 0) is 0 Å². The van der Waals surface area contributed by atoms with Crippen molar-refractivity contribution in [2.75, 3.05) is 0 Å². The maximum atomic E-state index is 11.3. The largest absolute Gasteiger partial charge is 0.505 e. The highest BCUT2D eigenvalue weighted by Gasteiger charge is 2.13. The van der Waals surface area contributed by atoms with Gasteiger partial charge in [-0.2, -0.15) is 0 Å². The number of phenols is 1. The van der Waals surface area contributed by atoms with E-state index in [1.54, 1.807) is 18.3 Å². The van der Waals surface area contributed by atoms with Gasteiger partial charge in [-0.1, -0.05) is 22.0 Å². The van der Waals surface area contributed by atoms with Gasteiger partial charge in [0.05, 0.1) is 5.56 Å². The molecular weight excluding hydrogens is 258 g/mol. The van der Waals surface area contributed by atoms with E-state index in [4.69, 9.17) is 0 Å². The highest BCUT2D eigenvalue weighted by molar-refractivity contribution is 9.10. The lowest BCUT2D eigenvalue weighted by molar-refractivity contribution is 0.101. The topological polar surface area (TPSA) is 50.2 Å². The number of aromatic hydroxyl groups is 1. The molecule has 0 bridgehead atoms. The Balaban J connectivity index is 2.90. The third-order valence-corrected chi connectivity index (χ3v) is 2.85. The van der Waals surface area contributed by atoms with E-state index in [9.17, 15) is 9.90 Å². The zero-order chi connectivity index (χ0) is 11.0. The Kier molecular flexibility index (Phi) is 2.44. The van der Waals surface area contributed by atoms with Gasteiger partial charge >= 0.3 is 0 Å². The Morgan fingerprint density at radius 1 is 1.53 bits per heavy atom. The molecule has 0 spiro atoms. The Hall–Kier alpha value is -1.42. The first kappa shape index (κ1) is 10.1. The Labute approximate surface area is 94.9 Å². The summed E-state index contributed by atoms with van der Waals surface area (Å²) < 4.78 is 0.758. The normalized spacial score (nSPS) is 10.5. The van der Waals surface area contributed by atoms with Crippen molar-refractivity contribution in [1.29, 1.82) is 0 Å². The lowest BCUT2D eigenvalue weighted by Crippen LogP contribution is -1.94. The number of hydrogen-bond donors (Lipinski definition) is 1. The van der Waals surface area contributed by atoms with Crippen LogP contribution in [-0.4, -0.2) is 15.9 Å². The quantitative estimate of drug-likeness (QED) is 0.807. The smallest absolute Gasteiger partial charge is 0.163 e. The second-order valence-corrected chi connectivity index (χ2v) is 4.06. The van der Waals surface area contributed by atoms with Crippen LogP contribution >= 0.6 is 15.9 Å². The minimum absolute atomic E-state index is 0.0544. The number of benzene rings is 1. The fraction of sp³-hybridized carbons (Fsp3) is 0.0909. The van der Waals surface area contributed by atoms with Crippen LogP contribution in [0.3, 0.4) is 0 Å². The molecule has 0 fully saturated rings. The number of nitrogens with zero attached hydrogens (tertiary/aromatic N) is 1. The molecule has 15 heavy (non-hydrogen) atoms. The van der Waals surface area contributed by atoms with Crippen molar-refractivity contribution >= 4 is 32.6 Å². The summed E-state index contributed by atoms with van der Waals surface area (Å²) in [5, 5.41) is 10.6. The third kappa shape index (κ3) is 1.61. The summed E-state index contributed by atoms with van der Waals surface area (Å²) in [4.78, 5) is 15.3. The van der Waals surface area contributed by atoms with Crippen molar-refractivity contribution in [3.05, 3.63) is 34.4 Å². The summed E-state index contributed by atoms with van der Waals surface area (Å²) in [6, 6.07) is 5.22. The van der Waals surface area contributed by atoms with Gasteiger partial charge in [0.1, 0.15) is 5.52 Å². The van der Waals surface area contributed by atoms with Crippen molar-refractivity contribution in [2.24, 2.45) is 0 Å². The van der Waals surface area contributed by atoms with Crippen LogP contribution < -0.4 is 0 Å². The molecule has 1 N–H and O–H groups in total. The fourth-order valence-electron chi connectivity index (χ4n) is 1.46. The summed E-state index contributed by atoms with van der Waals surface area (Å²) in [6.07, 6.45) is 1.58. The molecule has 2 aromatic rings. The van der Waals surface area contributed by atoms with Crippen molar-refractivity contribution in [3.8, 4) is 5.75 Å². The van der Waals surface area contributed by atoms with E-state index >= 15 is 0 Å². The van der Waals surface area contributed by atoms with Crippen molar-refractivity contribution in [2.45, 2.75) is 6.92 Å². The van der Waals surface area contributed by atoms with Crippen molar-refractivity contribution in [1.82, 2.24) is 4.98 Å². The molecule has 0 aliphatic rings. The lowest BCUT2D eigenvalue weighted by atomic mass is 10.1. The van der Waals surface area contributed by atoms with E-state index in [1.165, 1.54) is 6.92 Å². The number of pyridine rings is 1. The van der Waals surface area contributed by atoms with Crippen LogP contribution in [0, 0.1) is 0 Å². The van der Waals surface area contributed by atoms with Gasteiger partial charge in [0.2, 0.25) is 0 Å². The molecule has 0 atom stereocenters. The molecule has 0 amide bonds. The Morgan fingerprint density at radius 3 is 2.93 bits per heavy atom. The number of phenolic OH excluding ortho intramolecular Hbond substituents is 1. The van der Waals surface area contributed by atoms with Gasteiger partial charge < -0.3 is 5.11 Å². The van der Waals surface area contributed by atoms with Gasteiger partial charge in [0.15, 0.2) is 11.5 Å². The number of rotatable bonds is 1. The maximum absolute atomic E-state index is 11.3. The number of carbonyl (C=O) groups excluding carboxylic acids is 1. The van der Waals surface area contributed by atoms with Gasteiger partial charge in [-0.05, 0) is 19.1 Å². The van der Waals surface area contributed by atoms with Crippen LogP contribution in [0.1, 0.15) is 17.3 Å². The summed E-state index contributed by atoms with van der Waals surface area (Å²) in [7, 11) is 0. The summed E-state index contributed by atoms with van der Waals surface area (Å²) in [5.74, 6) is -0.234. The zero-order valence-electron chi connectivity index (χ0n) is 7.99. The monoisotopic (exact) mass is 265 g/mol. The van der Waals surface area contributed by atoms with Crippen LogP contribution in [0.2, 0.25) is 0 Å². The molecule has 0 unspecified atom stereocenters. The van der Waals surface area contributed by atoms with Gasteiger partial charge in [-0.25, -0.2) is 0 Å². The highest BCUT2D eigenvalue weighted by Crippen LogP contribution is 2.33. The minimum Gasteiger partial charge on any atom is -0.505 e. The average molecular weight is 266 g/mol. The van der Waals surface area contributed by atoms with Crippen LogP contribution in [0.4, 0.5) is 0 Å². The van der Waals surface area contributed by atoms with Crippen molar-refractivity contribution < 1.29 is 9.90 Å². The van der Waals surface area contributed by atoms with E-state index in [2.05, 4.69) is 20.9 Å². The molecule has 0 radical (unpaired) electrons. The second-order valence-electron chi connectivity index (χ2n) is 3.21. The first-order valence-electron chi connectivity index (χ1n) is 4.38. The van der Waals surface area contributed by atoms with Crippen LogP contribution in [0.5, 0.6) is 5.75 Å². The number of fused-ring (bicyclic) bond motifs is 1. The molecule has 0 saturated heterocycles. The first-order chi connectivity index (χ1) is 7.11. The number of carbonyl (C=O) groups is 1. The summed E-state index contributed by atoms with van der Waals surface area (Å²) in [5.41, 5.74) is 0.727. The van der Waals surface area contributed by atoms with E-state index in [0.29, 0.717) is 5.52 Å². The third-order valence-electron chi connectivity index (χ3n) is 2.19. The average Bonchev–Trinajstić information content (AvgIpc) is 2.23. The molecule has 3 nitrogen and oxygen atoms in total. The molecule has 4 heteroatoms. The predicted octanol–water partition coefficient (Wildman–Crippen LogP) is 2.91. The summed E-state index contributed by atoms with van der Waals surface area (Å²) >= 11 is 3.35. The molecule has 76 valence electrons. The first-order valence-corrected chi connectivity index (χ1v) is 5.17. The van der Waals surface area contributed by atoms with E-state index in [1.807, 2.05) is 6.07 Å². The second kappa shape index (κ2) is 3.62.